The molecule has 23 heavy (non-hydrogen) atoms. The molecule has 2 rings (SSSR count). The van der Waals surface area contributed by atoms with Crippen LogP contribution in [0.3, 0.4) is 0 Å². The second-order valence-corrected chi connectivity index (χ2v) is 6.09. The van der Waals surface area contributed by atoms with Crippen molar-refractivity contribution in [1.29, 1.82) is 0 Å². The maximum Gasteiger partial charge on any atom is 0.425 e. The summed E-state index contributed by atoms with van der Waals surface area (Å²) in [5.41, 5.74) is -3.39. The third kappa shape index (κ3) is 3.73. The van der Waals surface area contributed by atoms with Gasteiger partial charge in [0.1, 0.15) is 11.5 Å². The van der Waals surface area contributed by atoms with Gasteiger partial charge in [-0.3, -0.25) is 4.79 Å². The van der Waals surface area contributed by atoms with Crippen LogP contribution in [0.25, 0.3) is 0 Å². The second-order valence-electron chi connectivity index (χ2n) is 4.98. The lowest BCUT2D eigenvalue weighted by atomic mass is 9.95. The predicted octanol–water partition coefficient (Wildman–Crippen LogP) is 3.39. The number of furan rings is 1. The third-order valence-electron chi connectivity index (χ3n) is 3.18. The summed E-state index contributed by atoms with van der Waals surface area (Å²) < 4.78 is 44.6. The van der Waals surface area contributed by atoms with Crippen molar-refractivity contribution in [3.8, 4) is 0 Å². The van der Waals surface area contributed by atoms with Crippen LogP contribution in [0, 0.1) is 6.92 Å². The lowest BCUT2D eigenvalue weighted by Crippen LogP contribution is -2.44. The lowest BCUT2D eigenvalue weighted by Gasteiger charge is -2.27. The number of anilines is 1. The molecule has 5 nitrogen and oxygen atoms in total. The van der Waals surface area contributed by atoms with Gasteiger partial charge in [0.2, 0.25) is 11.5 Å². The highest BCUT2D eigenvalue weighted by atomic mass is 32.1. The van der Waals surface area contributed by atoms with Crippen LogP contribution in [-0.2, 0) is 16.8 Å². The van der Waals surface area contributed by atoms with Crippen molar-refractivity contribution in [3.05, 3.63) is 34.7 Å². The third-order valence-corrected chi connectivity index (χ3v) is 4.24. The number of thiazole rings is 1. The van der Waals surface area contributed by atoms with Crippen LogP contribution in [0.5, 0.6) is 0 Å². The number of nitrogens with one attached hydrogen (secondary N) is 1. The zero-order chi connectivity index (χ0) is 17.3. The second kappa shape index (κ2) is 6.32. The fourth-order valence-corrected chi connectivity index (χ4v) is 2.68. The van der Waals surface area contributed by atoms with Crippen LogP contribution < -0.4 is 5.32 Å². The minimum Gasteiger partial charge on any atom is -0.463 e. The van der Waals surface area contributed by atoms with E-state index in [2.05, 4.69) is 10.3 Å². The van der Waals surface area contributed by atoms with Gasteiger partial charge in [-0.15, -0.1) is 11.3 Å². The Morgan fingerprint density at radius 1 is 1.43 bits per heavy atom. The molecule has 2 aromatic rings. The fourth-order valence-electron chi connectivity index (χ4n) is 1.91. The highest BCUT2D eigenvalue weighted by molar-refractivity contribution is 7.15. The molecule has 0 aromatic carbocycles. The van der Waals surface area contributed by atoms with E-state index in [0.717, 1.165) is 10.9 Å². The first-order valence-electron chi connectivity index (χ1n) is 6.76. The van der Waals surface area contributed by atoms with Crippen molar-refractivity contribution in [3.63, 3.8) is 0 Å². The fraction of sp³-hybridized carbons (Fsp3) is 0.429. The van der Waals surface area contributed by atoms with Gasteiger partial charge in [-0.1, -0.05) is 6.92 Å². The number of hydrogen-bond donors (Lipinski definition) is 2. The topological polar surface area (TPSA) is 75.4 Å². The Bertz CT molecular complexity index is 695. The molecule has 0 spiro atoms. The molecule has 0 radical (unpaired) electrons. The molecule has 0 bridgehead atoms. The number of alkyl halides is 3. The monoisotopic (exact) mass is 348 g/mol. The first kappa shape index (κ1) is 17.5. The molecule has 0 aliphatic rings. The van der Waals surface area contributed by atoms with Crippen LogP contribution in [-0.4, -0.2) is 22.2 Å². The first-order valence-corrected chi connectivity index (χ1v) is 7.58. The minimum atomic E-state index is -5.06. The van der Waals surface area contributed by atoms with Gasteiger partial charge in [0.05, 0.1) is 6.42 Å². The number of amides is 1. The van der Waals surface area contributed by atoms with E-state index in [1.807, 2.05) is 6.92 Å². The molecule has 0 aliphatic carbocycles. The van der Waals surface area contributed by atoms with Crippen LogP contribution in [0.15, 0.2) is 22.7 Å². The van der Waals surface area contributed by atoms with Gasteiger partial charge in [0.15, 0.2) is 5.13 Å². The summed E-state index contributed by atoms with van der Waals surface area (Å²) in [7, 11) is 0. The van der Waals surface area contributed by atoms with E-state index in [1.165, 1.54) is 30.5 Å². The maximum atomic E-state index is 13.3. The molecule has 0 fully saturated rings. The predicted molar refractivity (Wildman–Crippen MR) is 78.1 cm³/mol. The first-order chi connectivity index (χ1) is 10.7. The molecule has 9 heteroatoms. The van der Waals surface area contributed by atoms with Crippen LogP contribution >= 0.6 is 11.3 Å². The van der Waals surface area contributed by atoms with E-state index in [-0.39, 0.29) is 10.9 Å². The number of halogens is 3. The minimum absolute atomic E-state index is 0.187. The largest absolute Gasteiger partial charge is 0.463 e. The quantitative estimate of drug-likeness (QED) is 0.868. The van der Waals surface area contributed by atoms with E-state index >= 15 is 0 Å². The van der Waals surface area contributed by atoms with E-state index in [9.17, 15) is 23.1 Å². The number of aliphatic hydroxyl groups is 1. The van der Waals surface area contributed by atoms with Gasteiger partial charge >= 0.3 is 6.18 Å². The van der Waals surface area contributed by atoms with Crippen molar-refractivity contribution in [1.82, 2.24) is 4.98 Å². The molecule has 0 aliphatic heterocycles. The summed E-state index contributed by atoms with van der Waals surface area (Å²) in [5.74, 6) is -1.52. The smallest absolute Gasteiger partial charge is 0.425 e. The average molecular weight is 348 g/mol. The van der Waals surface area contributed by atoms with E-state index < -0.39 is 29.9 Å². The number of aromatic nitrogens is 1. The standard InChI is InChI=1S/C14H15F3N2O3S/c1-3-9-7-18-12(23-9)19-11(20)6-13(21,14(15,16)17)10-5-4-8(2)22-10/h4-5,7,21H,3,6H2,1-2H3,(H,18,19,20). The van der Waals surface area contributed by atoms with Gasteiger partial charge in [-0.05, 0) is 25.5 Å². The summed E-state index contributed by atoms with van der Waals surface area (Å²) in [4.78, 5) is 16.7. The molecule has 2 aromatic heterocycles. The zero-order valence-corrected chi connectivity index (χ0v) is 13.2. The maximum absolute atomic E-state index is 13.3. The Hall–Kier alpha value is -1.87. The van der Waals surface area contributed by atoms with Crippen molar-refractivity contribution < 1.29 is 27.5 Å². The Labute approximate surface area is 134 Å². The Balaban J connectivity index is 2.19. The molecule has 126 valence electrons. The highest BCUT2D eigenvalue weighted by Gasteiger charge is 2.58. The van der Waals surface area contributed by atoms with Crippen LogP contribution in [0.1, 0.15) is 29.7 Å². The molecule has 1 amide bonds. The molecule has 0 saturated carbocycles. The molecular formula is C14H15F3N2O3S. The van der Waals surface area contributed by atoms with E-state index in [4.69, 9.17) is 4.42 Å². The molecule has 2 N–H and O–H groups in total. The average Bonchev–Trinajstić information content (AvgIpc) is 3.06. The van der Waals surface area contributed by atoms with Gasteiger partial charge in [-0.2, -0.15) is 13.2 Å². The molecule has 2 heterocycles. The van der Waals surface area contributed by atoms with Gasteiger partial charge in [0, 0.05) is 11.1 Å². The summed E-state index contributed by atoms with van der Waals surface area (Å²) in [6.45, 7) is 3.34. The molecule has 1 atom stereocenters. The van der Waals surface area contributed by atoms with Crippen molar-refractivity contribution in [2.75, 3.05) is 5.32 Å². The SMILES string of the molecule is CCc1cnc(NC(=O)CC(O)(c2ccc(C)o2)C(F)(F)F)s1. The zero-order valence-electron chi connectivity index (χ0n) is 12.4. The summed E-state index contributed by atoms with van der Waals surface area (Å²) in [6, 6.07) is 2.30. The Morgan fingerprint density at radius 3 is 2.61 bits per heavy atom. The molecule has 1 unspecified atom stereocenters. The Morgan fingerprint density at radius 2 is 2.13 bits per heavy atom. The number of hydrogen-bond acceptors (Lipinski definition) is 5. The van der Waals surface area contributed by atoms with Crippen molar-refractivity contribution in [2.45, 2.75) is 38.5 Å². The van der Waals surface area contributed by atoms with Crippen molar-refractivity contribution in [2.24, 2.45) is 0 Å². The summed E-state index contributed by atoms with van der Waals surface area (Å²) in [5, 5.41) is 12.5. The number of rotatable bonds is 5. The summed E-state index contributed by atoms with van der Waals surface area (Å²) >= 11 is 1.17. The van der Waals surface area contributed by atoms with Crippen LogP contribution in [0.2, 0.25) is 0 Å². The highest BCUT2D eigenvalue weighted by Crippen LogP contribution is 2.42. The van der Waals surface area contributed by atoms with Crippen LogP contribution in [0.4, 0.5) is 18.3 Å². The van der Waals surface area contributed by atoms with E-state index in [0.29, 0.717) is 6.42 Å². The molecular weight excluding hydrogens is 333 g/mol. The number of nitrogens with zero attached hydrogens (tertiary/aromatic N) is 1. The molecule has 0 saturated heterocycles. The summed E-state index contributed by atoms with van der Waals surface area (Å²) in [6.07, 6.45) is -4.05. The van der Waals surface area contributed by atoms with Gasteiger partial charge in [0.25, 0.3) is 0 Å². The van der Waals surface area contributed by atoms with Gasteiger partial charge in [-0.25, -0.2) is 4.98 Å². The number of aryl methyl sites for hydroxylation is 2. The normalized spacial score (nSPS) is 14.5. The van der Waals surface area contributed by atoms with Crippen molar-refractivity contribution >= 4 is 22.4 Å². The van der Waals surface area contributed by atoms with E-state index in [1.54, 1.807) is 0 Å². The Kier molecular flexibility index (Phi) is 4.81. The lowest BCUT2D eigenvalue weighted by molar-refractivity contribution is -0.272. The number of carbonyl (C=O) groups is 1. The van der Waals surface area contributed by atoms with Gasteiger partial charge < -0.3 is 14.8 Å². The number of carbonyl (C=O) groups excluding carboxylic acids is 1.